The number of aryl methyl sites for hydroxylation is 1. The van der Waals surface area contributed by atoms with Crippen molar-refractivity contribution in [3.63, 3.8) is 0 Å². The van der Waals surface area contributed by atoms with Crippen LogP contribution in [0.4, 0.5) is 0 Å². The van der Waals surface area contributed by atoms with Gasteiger partial charge in [-0.15, -0.1) is 16.9 Å². The van der Waals surface area contributed by atoms with Crippen LogP contribution in [0.2, 0.25) is 0 Å². The number of hydrogen-bond donors (Lipinski definition) is 3. The summed E-state index contributed by atoms with van der Waals surface area (Å²) in [4.78, 5) is 29.4. The molecule has 2 fully saturated rings. The molecule has 228 valence electrons. The molecule has 0 bridgehead atoms. The number of nitrogens with one attached hydrogen (secondary N) is 3. The summed E-state index contributed by atoms with van der Waals surface area (Å²) in [5.41, 5.74) is 11.2. The molecule has 11 nitrogen and oxygen atoms in total. The third kappa shape index (κ3) is 7.94. The van der Waals surface area contributed by atoms with Gasteiger partial charge in [-0.3, -0.25) is 9.63 Å². The molecule has 0 spiro atoms. The molecule has 2 unspecified atom stereocenters. The summed E-state index contributed by atoms with van der Waals surface area (Å²) in [5.74, 6) is 0.494. The molecule has 0 aliphatic carbocycles. The lowest BCUT2D eigenvalue weighted by Gasteiger charge is -2.29. The monoisotopic (exact) mass is 597 g/mol. The standard InChI is InChI=1S/C30H43N7O4S/c1-21(2)28(25-18-26(34-40-25)39-17-5-13-36-15-11-31-12-16-36)30(38)37-14-4-6-27(37)41-35-33-19-23-7-9-24(10-8-23)29-22(3)32-20-42-29/h7-10,18,20-21,27-28,31,33,35H,4-6,11-17,19H2,1-3H3. The van der Waals surface area contributed by atoms with E-state index in [9.17, 15) is 4.79 Å². The average Bonchev–Trinajstić information content (AvgIpc) is 3.76. The summed E-state index contributed by atoms with van der Waals surface area (Å²) < 4.78 is 11.5. The van der Waals surface area contributed by atoms with Crippen LogP contribution in [0.1, 0.15) is 56.0 Å². The first-order valence-corrected chi connectivity index (χ1v) is 15.8. The molecule has 2 aliphatic rings. The van der Waals surface area contributed by atoms with Crippen LogP contribution in [0.3, 0.4) is 0 Å². The number of thiazole rings is 1. The van der Waals surface area contributed by atoms with E-state index in [-0.39, 0.29) is 18.1 Å². The minimum atomic E-state index is -0.464. The maximum Gasteiger partial charge on any atom is 0.254 e. The Labute approximate surface area is 251 Å². The van der Waals surface area contributed by atoms with Gasteiger partial charge in [0.1, 0.15) is 5.92 Å². The molecule has 0 radical (unpaired) electrons. The first-order chi connectivity index (χ1) is 20.5. The number of ether oxygens (including phenoxy) is 1. The molecule has 0 saturated carbocycles. The molecule has 2 aromatic heterocycles. The van der Waals surface area contributed by atoms with Crippen molar-refractivity contribution in [1.29, 1.82) is 0 Å². The van der Waals surface area contributed by atoms with Gasteiger partial charge in [0.05, 0.1) is 22.7 Å². The molecule has 2 atom stereocenters. The van der Waals surface area contributed by atoms with Gasteiger partial charge in [-0.05, 0) is 48.4 Å². The minimum absolute atomic E-state index is 0.0232. The van der Waals surface area contributed by atoms with Crippen LogP contribution in [0.15, 0.2) is 40.4 Å². The highest BCUT2D eigenvalue weighted by Crippen LogP contribution is 2.32. The van der Waals surface area contributed by atoms with Crippen LogP contribution < -0.4 is 21.1 Å². The first kappa shape index (κ1) is 30.6. The number of amides is 1. The van der Waals surface area contributed by atoms with Crippen molar-refractivity contribution in [3.8, 4) is 16.3 Å². The number of benzene rings is 1. The maximum absolute atomic E-state index is 13.7. The molecular weight excluding hydrogens is 554 g/mol. The minimum Gasteiger partial charge on any atom is -0.475 e. The van der Waals surface area contributed by atoms with E-state index in [0.717, 1.165) is 63.2 Å². The van der Waals surface area contributed by atoms with Crippen LogP contribution in [0, 0.1) is 12.8 Å². The molecule has 3 N–H and O–H groups in total. The molecule has 3 aromatic rings. The lowest BCUT2D eigenvalue weighted by Crippen LogP contribution is -2.45. The number of carbonyl (C=O) groups excluding carboxylic acids is 1. The van der Waals surface area contributed by atoms with E-state index in [4.69, 9.17) is 14.1 Å². The van der Waals surface area contributed by atoms with Gasteiger partial charge in [-0.1, -0.05) is 38.1 Å². The Bertz CT molecular complexity index is 1260. The number of hydrogen-bond acceptors (Lipinski definition) is 11. The van der Waals surface area contributed by atoms with Gasteiger partial charge < -0.3 is 24.4 Å². The summed E-state index contributed by atoms with van der Waals surface area (Å²) in [5, 5.41) is 7.47. The maximum atomic E-state index is 13.7. The molecular formula is C30H43N7O4S. The largest absolute Gasteiger partial charge is 0.475 e. The molecule has 5 rings (SSSR count). The van der Waals surface area contributed by atoms with Gasteiger partial charge in [-0.2, -0.15) is 0 Å². The highest BCUT2D eigenvalue weighted by molar-refractivity contribution is 7.13. The topological polar surface area (TPSA) is 117 Å². The Morgan fingerprint density at radius 1 is 1.21 bits per heavy atom. The predicted molar refractivity (Wildman–Crippen MR) is 162 cm³/mol. The fourth-order valence-electron chi connectivity index (χ4n) is 5.51. The van der Waals surface area contributed by atoms with Crippen molar-refractivity contribution in [1.82, 2.24) is 36.3 Å². The Hall–Kier alpha value is -2.87. The zero-order valence-electron chi connectivity index (χ0n) is 24.8. The van der Waals surface area contributed by atoms with E-state index in [0.29, 0.717) is 31.3 Å². The lowest BCUT2D eigenvalue weighted by atomic mass is 9.92. The SMILES string of the molecule is Cc1ncsc1-c1ccc(CNNOC2CCCN2C(=O)C(c2cc(OCCCN3CCNCC3)no2)C(C)C)cc1. The number of hydrazine groups is 1. The smallest absolute Gasteiger partial charge is 0.254 e. The van der Waals surface area contributed by atoms with Crippen LogP contribution in [-0.2, 0) is 16.2 Å². The predicted octanol–water partition coefficient (Wildman–Crippen LogP) is 3.69. The van der Waals surface area contributed by atoms with Crippen LogP contribution >= 0.6 is 11.3 Å². The third-order valence-corrected chi connectivity index (χ3v) is 8.80. The van der Waals surface area contributed by atoms with Crippen LogP contribution in [0.25, 0.3) is 10.4 Å². The van der Waals surface area contributed by atoms with Crippen molar-refractivity contribution in [2.45, 2.75) is 58.7 Å². The summed E-state index contributed by atoms with van der Waals surface area (Å²) >= 11 is 1.65. The Kier molecular flexibility index (Phi) is 10.9. The van der Waals surface area contributed by atoms with Crippen molar-refractivity contribution >= 4 is 17.2 Å². The average molecular weight is 598 g/mol. The molecule has 12 heteroatoms. The number of nitrogens with zero attached hydrogens (tertiary/aromatic N) is 4. The van der Waals surface area contributed by atoms with E-state index < -0.39 is 5.92 Å². The fraction of sp³-hybridized carbons (Fsp3) is 0.567. The summed E-state index contributed by atoms with van der Waals surface area (Å²) in [6.07, 6.45) is 2.18. The lowest BCUT2D eigenvalue weighted by molar-refractivity contribution is -0.155. The number of rotatable bonds is 14. The van der Waals surface area contributed by atoms with E-state index in [1.165, 1.54) is 10.4 Å². The number of carbonyl (C=O) groups is 1. The quantitative estimate of drug-likeness (QED) is 0.188. The Morgan fingerprint density at radius 2 is 2.02 bits per heavy atom. The van der Waals surface area contributed by atoms with Gasteiger partial charge in [0.25, 0.3) is 5.88 Å². The van der Waals surface area contributed by atoms with Crippen molar-refractivity contribution in [3.05, 3.63) is 52.9 Å². The summed E-state index contributed by atoms with van der Waals surface area (Å²) in [6.45, 7) is 13.1. The van der Waals surface area contributed by atoms with Crippen LogP contribution in [-0.4, -0.2) is 78.0 Å². The second kappa shape index (κ2) is 15.0. The van der Waals surface area contributed by atoms with Gasteiger partial charge >= 0.3 is 0 Å². The van der Waals surface area contributed by atoms with Crippen LogP contribution in [0.5, 0.6) is 5.88 Å². The Balaban J connectivity index is 1.08. The van der Waals surface area contributed by atoms with Crippen molar-refractivity contribution in [2.24, 2.45) is 5.92 Å². The van der Waals surface area contributed by atoms with Gasteiger partial charge in [-0.25, -0.2) is 10.4 Å². The second-order valence-corrected chi connectivity index (χ2v) is 12.1. The third-order valence-electron chi connectivity index (χ3n) is 7.83. The number of likely N-dealkylation sites (tertiary alicyclic amines) is 1. The zero-order valence-corrected chi connectivity index (χ0v) is 25.6. The summed E-state index contributed by atoms with van der Waals surface area (Å²) in [7, 11) is 0. The molecule has 2 aliphatic heterocycles. The van der Waals surface area contributed by atoms with Crippen molar-refractivity contribution < 1.29 is 18.9 Å². The van der Waals surface area contributed by atoms with Gasteiger partial charge in [0, 0.05) is 51.9 Å². The molecule has 1 aromatic carbocycles. The molecule has 1 amide bonds. The fourth-order valence-corrected chi connectivity index (χ4v) is 6.32. The van der Waals surface area contributed by atoms with E-state index in [1.54, 1.807) is 22.3 Å². The molecule has 42 heavy (non-hydrogen) atoms. The normalized spacial score (nSPS) is 18.6. The summed E-state index contributed by atoms with van der Waals surface area (Å²) in [6, 6.07) is 10.2. The second-order valence-electron chi connectivity index (χ2n) is 11.2. The van der Waals surface area contributed by atoms with Crippen molar-refractivity contribution in [2.75, 3.05) is 45.9 Å². The van der Waals surface area contributed by atoms with E-state index >= 15 is 0 Å². The van der Waals surface area contributed by atoms with E-state index in [2.05, 4.69) is 55.6 Å². The number of piperazine rings is 1. The highest BCUT2D eigenvalue weighted by Gasteiger charge is 2.38. The van der Waals surface area contributed by atoms with Gasteiger partial charge in [0.15, 0.2) is 12.0 Å². The van der Waals surface area contributed by atoms with Gasteiger partial charge in [0.2, 0.25) is 5.91 Å². The first-order valence-electron chi connectivity index (χ1n) is 15.0. The Morgan fingerprint density at radius 3 is 2.76 bits per heavy atom. The number of aromatic nitrogens is 2. The molecule has 2 saturated heterocycles. The highest BCUT2D eigenvalue weighted by atomic mass is 32.1. The van der Waals surface area contributed by atoms with E-state index in [1.807, 2.05) is 26.3 Å². The molecule has 4 heterocycles. The zero-order chi connectivity index (χ0) is 29.3.